The van der Waals surface area contributed by atoms with Crippen LogP contribution in [0.4, 0.5) is 0 Å². The summed E-state index contributed by atoms with van der Waals surface area (Å²) in [5.41, 5.74) is 3.24. The van der Waals surface area contributed by atoms with Crippen molar-refractivity contribution in [2.45, 2.75) is 18.5 Å². The summed E-state index contributed by atoms with van der Waals surface area (Å²) in [5.74, 6) is 1.03. The third-order valence-corrected chi connectivity index (χ3v) is 11.1. The van der Waals surface area contributed by atoms with Crippen LogP contribution in [0.3, 0.4) is 0 Å². The minimum absolute atomic E-state index is 0.399. The van der Waals surface area contributed by atoms with Gasteiger partial charge in [0.2, 0.25) is 0 Å². The maximum atomic E-state index is 5.91. The number of methoxy groups -OCH3 is 1. The molecule has 2 heteroatoms. The second-order valence-corrected chi connectivity index (χ2v) is 11.4. The van der Waals surface area contributed by atoms with Crippen molar-refractivity contribution in [3.05, 3.63) is 120 Å². The minimum atomic E-state index is -1.95. The van der Waals surface area contributed by atoms with Crippen LogP contribution >= 0.6 is 7.26 Å². The maximum Gasteiger partial charge on any atom is 0.126 e. The highest BCUT2D eigenvalue weighted by Gasteiger charge is 2.55. The molecule has 4 aromatic rings. The molecule has 0 saturated heterocycles. The SMILES string of the molecule is COc1cccc2c1C([P+](c1ccccc1)(c1ccccc1)c1ccccc1)CC2. The van der Waals surface area contributed by atoms with E-state index in [1.165, 1.54) is 27.0 Å². The van der Waals surface area contributed by atoms with Gasteiger partial charge in [0.15, 0.2) is 0 Å². The van der Waals surface area contributed by atoms with Crippen LogP contribution in [0.25, 0.3) is 0 Å². The van der Waals surface area contributed by atoms with Gasteiger partial charge in [0.1, 0.15) is 34.6 Å². The van der Waals surface area contributed by atoms with Gasteiger partial charge in [-0.05, 0) is 60.9 Å². The van der Waals surface area contributed by atoms with E-state index in [4.69, 9.17) is 4.74 Å². The van der Waals surface area contributed by atoms with Gasteiger partial charge in [0.05, 0.1) is 7.11 Å². The molecule has 1 unspecified atom stereocenters. The molecule has 0 amide bonds. The third-order valence-electron chi connectivity index (χ3n) is 6.35. The third kappa shape index (κ3) is 2.97. The normalized spacial score (nSPS) is 15.6. The van der Waals surface area contributed by atoms with Crippen molar-refractivity contribution in [2.75, 3.05) is 7.11 Å². The second kappa shape index (κ2) is 8.09. The molecule has 30 heavy (non-hydrogen) atoms. The Morgan fingerprint density at radius 3 is 1.60 bits per heavy atom. The molecule has 4 aromatic carbocycles. The van der Waals surface area contributed by atoms with Gasteiger partial charge in [0.25, 0.3) is 0 Å². The number of rotatable bonds is 5. The van der Waals surface area contributed by atoms with Crippen molar-refractivity contribution in [2.24, 2.45) is 0 Å². The van der Waals surface area contributed by atoms with E-state index < -0.39 is 7.26 Å². The molecule has 148 valence electrons. The Morgan fingerprint density at radius 2 is 1.13 bits per heavy atom. The van der Waals surface area contributed by atoms with E-state index >= 15 is 0 Å². The molecule has 1 atom stereocenters. The number of hydrogen-bond acceptors (Lipinski definition) is 1. The molecule has 5 rings (SSSR count). The van der Waals surface area contributed by atoms with E-state index in [9.17, 15) is 0 Å². The molecular weight excluding hydrogens is 383 g/mol. The molecule has 0 spiro atoms. The van der Waals surface area contributed by atoms with Gasteiger partial charge in [-0.15, -0.1) is 0 Å². The Balaban J connectivity index is 1.88. The lowest BCUT2D eigenvalue weighted by Gasteiger charge is -2.33. The number of aryl methyl sites for hydroxylation is 1. The van der Waals surface area contributed by atoms with Gasteiger partial charge in [-0.2, -0.15) is 0 Å². The summed E-state index contributed by atoms with van der Waals surface area (Å²) < 4.78 is 5.91. The summed E-state index contributed by atoms with van der Waals surface area (Å²) in [6.45, 7) is 0. The lowest BCUT2D eigenvalue weighted by atomic mass is 10.1. The van der Waals surface area contributed by atoms with Crippen LogP contribution in [0, 0.1) is 0 Å². The quantitative estimate of drug-likeness (QED) is 0.386. The summed E-state index contributed by atoms with van der Waals surface area (Å²) in [6, 6.07) is 40.1. The Hall–Kier alpha value is -2.89. The molecule has 0 heterocycles. The van der Waals surface area contributed by atoms with Crippen molar-refractivity contribution in [3.63, 3.8) is 0 Å². The number of fused-ring (bicyclic) bond motifs is 1. The first-order valence-electron chi connectivity index (χ1n) is 10.6. The van der Waals surface area contributed by atoms with Crippen LogP contribution in [0.15, 0.2) is 109 Å². The molecule has 0 saturated carbocycles. The first kappa shape index (κ1) is 19.1. The Bertz CT molecular complexity index is 1030. The van der Waals surface area contributed by atoms with Gasteiger partial charge in [-0.1, -0.05) is 66.7 Å². The second-order valence-electron chi connectivity index (χ2n) is 7.82. The Morgan fingerprint density at radius 1 is 0.633 bits per heavy atom. The Labute approximate surface area is 179 Å². The molecule has 0 bridgehead atoms. The average Bonchev–Trinajstić information content (AvgIpc) is 3.26. The molecule has 0 N–H and O–H groups in total. The Kier molecular flexibility index (Phi) is 5.15. The zero-order chi connectivity index (χ0) is 20.4. The molecule has 0 fully saturated rings. The van der Waals surface area contributed by atoms with Crippen LogP contribution in [-0.4, -0.2) is 7.11 Å². The van der Waals surface area contributed by atoms with E-state index in [2.05, 4.69) is 109 Å². The van der Waals surface area contributed by atoms with Crippen LogP contribution in [0.5, 0.6) is 5.75 Å². The van der Waals surface area contributed by atoms with Crippen LogP contribution in [0.2, 0.25) is 0 Å². The van der Waals surface area contributed by atoms with E-state index in [0.29, 0.717) is 5.66 Å². The van der Waals surface area contributed by atoms with Crippen LogP contribution < -0.4 is 20.7 Å². The van der Waals surface area contributed by atoms with Crippen molar-refractivity contribution < 1.29 is 4.74 Å². The summed E-state index contributed by atoms with van der Waals surface area (Å²) >= 11 is 0. The van der Waals surface area contributed by atoms with Crippen molar-refractivity contribution >= 4 is 23.2 Å². The lowest BCUT2D eigenvalue weighted by Crippen LogP contribution is -2.34. The average molecular weight is 409 g/mol. The van der Waals surface area contributed by atoms with Gasteiger partial charge >= 0.3 is 0 Å². The van der Waals surface area contributed by atoms with Gasteiger partial charge in [-0.3, -0.25) is 0 Å². The first-order chi connectivity index (χ1) is 14.9. The smallest absolute Gasteiger partial charge is 0.126 e. The fraction of sp³-hybridized carbons (Fsp3) is 0.143. The number of hydrogen-bond donors (Lipinski definition) is 0. The molecular formula is C28H26OP+. The highest BCUT2D eigenvalue weighted by Crippen LogP contribution is 2.71. The summed E-state index contributed by atoms with van der Waals surface area (Å²) in [5, 5.41) is 4.31. The van der Waals surface area contributed by atoms with Crippen LogP contribution in [-0.2, 0) is 6.42 Å². The molecule has 0 radical (unpaired) electrons. The monoisotopic (exact) mass is 409 g/mol. The van der Waals surface area contributed by atoms with E-state index in [0.717, 1.165) is 18.6 Å². The fourth-order valence-corrected chi connectivity index (χ4v) is 10.3. The van der Waals surface area contributed by atoms with Crippen molar-refractivity contribution in [1.29, 1.82) is 0 Å². The van der Waals surface area contributed by atoms with Gasteiger partial charge in [0, 0.05) is 5.56 Å². The molecule has 0 aromatic heterocycles. The fourth-order valence-electron chi connectivity index (χ4n) is 5.16. The number of benzene rings is 4. The maximum absolute atomic E-state index is 5.91. The zero-order valence-corrected chi connectivity index (χ0v) is 18.1. The first-order valence-corrected chi connectivity index (χ1v) is 12.4. The highest BCUT2D eigenvalue weighted by molar-refractivity contribution is 7.96. The van der Waals surface area contributed by atoms with E-state index in [1.807, 2.05) is 0 Å². The van der Waals surface area contributed by atoms with Gasteiger partial charge < -0.3 is 4.74 Å². The lowest BCUT2D eigenvalue weighted by molar-refractivity contribution is 0.410. The molecule has 1 aliphatic carbocycles. The standard InChI is InChI=1S/C28H26OP/c1-29-26-19-11-12-22-20-21-27(28(22)26)30(23-13-5-2-6-14-23,24-15-7-3-8-16-24)25-17-9-4-10-18-25/h2-19,27H,20-21H2,1H3/q+1. The highest BCUT2D eigenvalue weighted by atomic mass is 31.2. The summed E-state index contributed by atoms with van der Waals surface area (Å²) in [7, 11) is -0.149. The summed E-state index contributed by atoms with van der Waals surface area (Å²) in [4.78, 5) is 0. The molecule has 0 aliphatic heterocycles. The zero-order valence-electron chi connectivity index (χ0n) is 17.2. The van der Waals surface area contributed by atoms with E-state index in [1.54, 1.807) is 7.11 Å². The molecule has 1 nitrogen and oxygen atoms in total. The molecule has 1 aliphatic rings. The number of ether oxygens (including phenoxy) is 1. The predicted molar refractivity (Wildman–Crippen MR) is 129 cm³/mol. The van der Waals surface area contributed by atoms with Crippen LogP contribution in [0.1, 0.15) is 23.2 Å². The van der Waals surface area contributed by atoms with Crippen molar-refractivity contribution in [1.82, 2.24) is 0 Å². The van der Waals surface area contributed by atoms with Gasteiger partial charge in [-0.25, -0.2) is 0 Å². The van der Waals surface area contributed by atoms with E-state index in [-0.39, 0.29) is 0 Å². The largest absolute Gasteiger partial charge is 0.496 e. The summed E-state index contributed by atoms with van der Waals surface area (Å²) in [6.07, 6.45) is 2.24. The van der Waals surface area contributed by atoms with Crippen molar-refractivity contribution in [3.8, 4) is 5.75 Å². The topological polar surface area (TPSA) is 9.23 Å². The predicted octanol–water partition coefficient (Wildman–Crippen LogP) is 5.68. The minimum Gasteiger partial charge on any atom is -0.496 e.